The zero-order chi connectivity index (χ0) is 27.2. The molecule has 8 heteroatoms. The summed E-state index contributed by atoms with van der Waals surface area (Å²) in [5.41, 5.74) is 0. The van der Waals surface area contributed by atoms with E-state index < -0.39 is 18.1 Å². The number of hydrogen-bond donors (Lipinski definition) is 0. The molecule has 0 radical (unpaired) electrons. The minimum atomic E-state index is -1.13. The van der Waals surface area contributed by atoms with Crippen LogP contribution in [0.2, 0.25) is 0 Å². The van der Waals surface area contributed by atoms with Crippen LogP contribution < -0.4 is 5.11 Å². The number of carboxylic acid groups (broad SMARTS) is 1. The van der Waals surface area contributed by atoms with Gasteiger partial charge in [0.25, 0.3) is 0 Å². The van der Waals surface area contributed by atoms with Gasteiger partial charge < -0.3 is 28.6 Å². The van der Waals surface area contributed by atoms with Crippen molar-refractivity contribution in [1.82, 2.24) is 0 Å². The van der Waals surface area contributed by atoms with Crippen LogP contribution in [-0.4, -0.2) is 75.5 Å². The quantitative estimate of drug-likeness (QED) is 0.108. The number of carbonyl (C=O) groups excluding carboxylic acids is 3. The van der Waals surface area contributed by atoms with E-state index in [9.17, 15) is 19.5 Å². The standard InChI is InChI=1S/C28H53NO7/c1-6-8-10-12-14-16-18-26(30)35-23-24(36-27(31)19-17-15-13-11-9-7-2)22-34-21-20-25(28(32)33)29(3,4)5/h24-25H,6-23H2,1-5H3. The van der Waals surface area contributed by atoms with E-state index in [1.54, 1.807) is 21.1 Å². The second-order valence-electron chi connectivity index (χ2n) is 10.6. The maximum absolute atomic E-state index is 12.3. The molecule has 0 heterocycles. The predicted molar refractivity (Wildman–Crippen MR) is 139 cm³/mol. The van der Waals surface area contributed by atoms with Crippen LogP contribution in [0, 0.1) is 0 Å². The zero-order valence-electron chi connectivity index (χ0n) is 23.7. The van der Waals surface area contributed by atoms with Gasteiger partial charge in [-0.15, -0.1) is 0 Å². The Morgan fingerprint density at radius 2 is 1.22 bits per heavy atom. The second-order valence-corrected chi connectivity index (χ2v) is 10.6. The highest BCUT2D eigenvalue weighted by molar-refractivity contribution is 5.70. The van der Waals surface area contributed by atoms with Gasteiger partial charge in [0, 0.05) is 19.3 Å². The molecule has 0 aliphatic heterocycles. The zero-order valence-corrected chi connectivity index (χ0v) is 23.7. The van der Waals surface area contributed by atoms with E-state index in [0.29, 0.717) is 12.8 Å². The average molecular weight is 516 g/mol. The fourth-order valence-electron chi connectivity index (χ4n) is 3.95. The Kier molecular flexibility index (Phi) is 20.4. The summed E-state index contributed by atoms with van der Waals surface area (Å²) < 4.78 is 16.8. The lowest BCUT2D eigenvalue weighted by Gasteiger charge is -2.34. The molecule has 0 saturated carbocycles. The SMILES string of the molecule is CCCCCCCCC(=O)OCC(COCCC(C(=O)[O-])[N+](C)(C)C)OC(=O)CCCCCCCC. The summed E-state index contributed by atoms with van der Waals surface area (Å²) >= 11 is 0. The second kappa shape index (κ2) is 21.4. The minimum Gasteiger partial charge on any atom is -0.544 e. The molecular formula is C28H53NO7. The molecule has 0 aliphatic carbocycles. The first kappa shape index (κ1) is 34.3. The highest BCUT2D eigenvalue weighted by Gasteiger charge is 2.25. The lowest BCUT2D eigenvalue weighted by atomic mass is 10.1. The van der Waals surface area contributed by atoms with Crippen LogP contribution in [0.1, 0.15) is 110 Å². The number of carboxylic acids is 1. The van der Waals surface area contributed by atoms with Crippen molar-refractivity contribution in [2.45, 2.75) is 122 Å². The molecule has 36 heavy (non-hydrogen) atoms. The van der Waals surface area contributed by atoms with Gasteiger partial charge in [-0.1, -0.05) is 78.1 Å². The molecular weight excluding hydrogens is 462 g/mol. The van der Waals surface area contributed by atoms with E-state index in [4.69, 9.17) is 14.2 Å². The fraction of sp³-hybridized carbons (Fsp3) is 0.893. The van der Waals surface area contributed by atoms with Crippen molar-refractivity contribution < 1.29 is 38.2 Å². The molecule has 0 N–H and O–H groups in total. The van der Waals surface area contributed by atoms with Crippen LogP contribution in [0.25, 0.3) is 0 Å². The van der Waals surface area contributed by atoms with Gasteiger partial charge in [-0.2, -0.15) is 0 Å². The number of nitrogens with zero attached hydrogens (tertiary/aromatic N) is 1. The molecule has 0 rings (SSSR count). The van der Waals surface area contributed by atoms with E-state index in [1.807, 2.05) is 0 Å². The van der Waals surface area contributed by atoms with Crippen molar-refractivity contribution in [3.63, 3.8) is 0 Å². The Morgan fingerprint density at radius 3 is 1.72 bits per heavy atom. The van der Waals surface area contributed by atoms with E-state index in [1.165, 1.54) is 38.5 Å². The molecule has 0 spiro atoms. The average Bonchev–Trinajstić information content (AvgIpc) is 2.80. The third-order valence-corrected chi connectivity index (χ3v) is 6.24. The van der Waals surface area contributed by atoms with Crippen molar-refractivity contribution >= 4 is 17.9 Å². The molecule has 0 bridgehead atoms. The van der Waals surface area contributed by atoms with E-state index in [2.05, 4.69) is 13.8 Å². The highest BCUT2D eigenvalue weighted by Crippen LogP contribution is 2.11. The van der Waals surface area contributed by atoms with Crippen molar-refractivity contribution in [2.24, 2.45) is 0 Å². The molecule has 0 aliphatic rings. The predicted octanol–water partition coefficient (Wildman–Crippen LogP) is 4.17. The van der Waals surface area contributed by atoms with Crippen molar-refractivity contribution in [3.8, 4) is 0 Å². The number of quaternary nitrogens is 1. The van der Waals surface area contributed by atoms with E-state index in [-0.39, 0.29) is 42.7 Å². The van der Waals surface area contributed by atoms with Gasteiger partial charge in [0.1, 0.15) is 12.6 Å². The number of carbonyl (C=O) groups is 3. The molecule has 2 unspecified atom stereocenters. The fourth-order valence-corrected chi connectivity index (χ4v) is 3.95. The molecule has 0 fully saturated rings. The highest BCUT2D eigenvalue weighted by atomic mass is 16.6. The first-order valence-electron chi connectivity index (χ1n) is 14.1. The van der Waals surface area contributed by atoms with Crippen LogP contribution >= 0.6 is 0 Å². The van der Waals surface area contributed by atoms with Gasteiger partial charge in [-0.05, 0) is 12.8 Å². The molecule has 0 saturated heterocycles. The summed E-state index contributed by atoms with van der Waals surface area (Å²) in [6.07, 6.45) is 13.2. The lowest BCUT2D eigenvalue weighted by Crippen LogP contribution is -2.55. The van der Waals surface area contributed by atoms with E-state index in [0.717, 1.165) is 38.5 Å². The summed E-state index contributed by atoms with van der Waals surface area (Å²) in [5, 5.41) is 11.4. The number of ether oxygens (including phenoxy) is 3. The molecule has 0 amide bonds. The lowest BCUT2D eigenvalue weighted by molar-refractivity contribution is -0.889. The Morgan fingerprint density at radius 1 is 0.722 bits per heavy atom. The Labute approximate surface area is 219 Å². The minimum absolute atomic E-state index is 0.0451. The van der Waals surface area contributed by atoms with Crippen LogP contribution in [-0.2, 0) is 28.6 Å². The summed E-state index contributed by atoms with van der Waals surface area (Å²) in [4.78, 5) is 35.9. The molecule has 0 aromatic carbocycles. The number of rotatable bonds is 24. The number of aliphatic carboxylic acids is 1. The number of esters is 2. The largest absolute Gasteiger partial charge is 0.544 e. The van der Waals surface area contributed by atoms with Crippen LogP contribution in [0.3, 0.4) is 0 Å². The van der Waals surface area contributed by atoms with Crippen molar-refractivity contribution in [3.05, 3.63) is 0 Å². The molecule has 2 atom stereocenters. The Balaban J connectivity index is 4.56. The van der Waals surface area contributed by atoms with Gasteiger partial charge in [0.2, 0.25) is 0 Å². The van der Waals surface area contributed by atoms with Gasteiger partial charge in [-0.25, -0.2) is 0 Å². The van der Waals surface area contributed by atoms with Gasteiger partial charge in [-0.3, -0.25) is 9.59 Å². The Hall–Kier alpha value is -1.67. The summed E-state index contributed by atoms with van der Waals surface area (Å²) in [6.45, 7) is 4.50. The molecule has 212 valence electrons. The van der Waals surface area contributed by atoms with Gasteiger partial charge in [0.05, 0.1) is 40.3 Å². The van der Waals surface area contributed by atoms with Crippen LogP contribution in [0.5, 0.6) is 0 Å². The van der Waals surface area contributed by atoms with Crippen molar-refractivity contribution in [2.75, 3.05) is 41.0 Å². The monoisotopic (exact) mass is 515 g/mol. The maximum atomic E-state index is 12.3. The van der Waals surface area contributed by atoms with E-state index >= 15 is 0 Å². The number of likely N-dealkylation sites (N-methyl/N-ethyl adjacent to an activating group) is 1. The third-order valence-electron chi connectivity index (χ3n) is 6.24. The normalized spacial score (nSPS) is 13.2. The van der Waals surface area contributed by atoms with Gasteiger partial charge in [0.15, 0.2) is 6.10 Å². The van der Waals surface area contributed by atoms with Gasteiger partial charge >= 0.3 is 11.9 Å². The summed E-state index contributed by atoms with van der Waals surface area (Å²) in [5.74, 6) is -1.76. The van der Waals surface area contributed by atoms with Crippen LogP contribution in [0.4, 0.5) is 0 Å². The molecule has 8 nitrogen and oxygen atoms in total. The number of unbranched alkanes of at least 4 members (excludes halogenated alkanes) is 10. The molecule has 0 aromatic rings. The maximum Gasteiger partial charge on any atom is 0.306 e. The van der Waals surface area contributed by atoms with Crippen LogP contribution in [0.15, 0.2) is 0 Å². The summed E-state index contributed by atoms with van der Waals surface area (Å²) in [7, 11) is 5.36. The Bertz CT molecular complexity index is 589. The first-order valence-corrected chi connectivity index (χ1v) is 14.1. The smallest absolute Gasteiger partial charge is 0.306 e. The summed E-state index contributed by atoms with van der Waals surface area (Å²) in [6, 6.07) is -0.714. The topological polar surface area (TPSA) is 102 Å². The van der Waals surface area contributed by atoms with Crippen molar-refractivity contribution in [1.29, 1.82) is 0 Å². The first-order chi connectivity index (χ1) is 17.1. The molecule has 0 aromatic heterocycles. The third kappa shape index (κ3) is 19.5. The number of hydrogen-bond acceptors (Lipinski definition) is 7.